The Morgan fingerprint density at radius 3 is 2.38 bits per heavy atom. The smallest absolute Gasteiger partial charge is 0.164 e. The van der Waals surface area contributed by atoms with E-state index in [9.17, 15) is 5.21 Å². The van der Waals surface area contributed by atoms with Crippen LogP contribution >= 0.6 is 0 Å². The molecule has 0 heterocycles. The highest BCUT2D eigenvalue weighted by Gasteiger charge is 2.16. The molecule has 0 aliphatic carbocycles. The molecule has 2 heteroatoms. The Hall–Kier alpha value is -1.57. The van der Waals surface area contributed by atoms with Gasteiger partial charge < -0.3 is 5.21 Å². The predicted octanol–water partition coefficient (Wildman–Crippen LogP) is 3.47. The van der Waals surface area contributed by atoms with Gasteiger partial charge in [0.25, 0.3) is 0 Å². The van der Waals surface area contributed by atoms with Gasteiger partial charge in [0.05, 0.1) is 0 Å². The first kappa shape index (κ1) is 12.5. The van der Waals surface area contributed by atoms with Crippen molar-refractivity contribution in [2.75, 3.05) is 0 Å². The molecule has 0 saturated carbocycles. The third-order valence-corrected chi connectivity index (χ3v) is 2.18. The molecule has 86 valence electrons. The van der Waals surface area contributed by atoms with Crippen LogP contribution in [0.4, 0.5) is 0 Å². The Balaban J connectivity index is 2.51. The normalized spacial score (nSPS) is 13.3. The van der Waals surface area contributed by atoms with Crippen molar-refractivity contribution in [1.29, 1.82) is 0 Å². The maximum atomic E-state index is 11.5. The molecule has 2 nitrogen and oxygen atoms in total. The average Bonchev–Trinajstić information content (AvgIpc) is 2.24. The number of allylic oxidation sites excluding steroid dienone is 1. The summed E-state index contributed by atoms with van der Waals surface area (Å²) in [6, 6.07) is 10.1. The second-order valence-corrected chi connectivity index (χ2v) is 4.73. The molecule has 1 aromatic carbocycles. The number of hydrogen-bond acceptors (Lipinski definition) is 1. The number of hydrogen-bond donors (Lipinski definition) is 0. The summed E-state index contributed by atoms with van der Waals surface area (Å²) in [5, 5.41) is 11.5. The molecule has 0 fully saturated rings. The standard InChI is InChI=1S/C14H19NO/c1-14(2,3)15(16)12-8-7-11-13-9-5-4-6-10-13/h4-7,9-12H,8H2,1-3H3. The number of benzene rings is 1. The Kier molecular flexibility index (Phi) is 4.29. The van der Waals surface area contributed by atoms with E-state index in [1.807, 2.05) is 63.3 Å². The minimum absolute atomic E-state index is 0.347. The quantitative estimate of drug-likeness (QED) is 0.329. The van der Waals surface area contributed by atoms with Gasteiger partial charge in [0.15, 0.2) is 11.8 Å². The molecule has 0 radical (unpaired) electrons. The summed E-state index contributed by atoms with van der Waals surface area (Å²) in [5.74, 6) is 0. The van der Waals surface area contributed by atoms with Crippen molar-refractivity contribution in [3.05, 3.63) is 47.2 Å². The maximum Gasteiger partial charge on any atom is 0.164 e. The lowest BCUT2D eigenvalue weighted by molar-refractivity contribution is -0.531. The Labute approximate surface area is 97.5 Å². The van der Waals surface area contributed by atoms with Gasteiger partial charge in [-0.15, -0.1) is 0 Å². The Bertz CT molecular complexity index is 371. The van der Waals surface area contributed by atoms with Crippen LogP contribution in [0.5, 0.6) is 0 Å². The van der Waals surface area contributed by atoms with Crippen LogP contribution in [0, 0.1) is 5.21 Å². The van der Waals surface area contributed by atoms with Gasteiger partial charge in [0.1, 0.15) is 0 Å². The van der Waals surface area contributed by atoms with Crippen LogP contribution in [0.15, 0.2) is 36.4 Å². The molecule has 0 aliphatic heterocycles. The summed E-state index contributed by atoms with van der Waals surface area (Å²) in [7, 11) is 0. The zero-order valence-corrected chi connectivity index (χ0v) is 10.2. The highest BCUT2D eigenvalue weighted by molar-refractivity contribution is 5.59. The first-order valence-corrected chi connectivity index (χ1v) is 5.51. The van der Waals surface area contributed by atoms with E-state index in [0.717, 1.165) is 10.3 Å². The number of nitrogens with zero attached hydrogens (tertiary/aromatic N) is 1. The molecule has 16 heavy (non-hydrogen) atoms. The van der Waals surface area contributed by atoms with Crippen LogP contribution in [0.25, 0.3) is 6.08 Å². The van der Waals surface area contributed by atoms with Crippen molar-refractivity contribution in [3.63, 3.8) is 0 Å². The summed E-state index contributed by atoms with van der Waals surface area (Å²) in [6.45, 7) is 5.70. The summed E-state index contributed by atoms with van der Waals surface area (Å²) >= 11 is 0. The number of rotatable bonds is 3. The highest BCUT2D eigenvalue weighted by Crippen LogP contribution is 2.05. The van der Waals surface area contributed by atoms with Crippen LogP contribution in [-0.2, 0) is 0 Å². The van der Waals surface area contributed by atoms with Gasteiger partial charge in [-0.2, -0.15) is 0 Å². The average molecular weight is 217 g/mol. The van der Waals surface area contributed by atoms with E-state index in [-0.39, 0.29) is 5.54 Å². The molecular formula is C14H19NO. The fourth-order valence-electron chi connectivity index (χ4n) is 1.20. The molecule has 0 atom stereocenters. The van der Waals surface area contributed by atoms with Crippen LogP contribution in [0.2, 0.25) is 0 Å². The summed E-state index contributed by atoms with van der Waals surface area (Å²) in [6.07, 6.45) is 6.34. The predicted molar refractivity (Wildman–Crippen MR) is 69.5 cm³/mol. The Morgan fingerprint density at radius 1 is 1.19 bits per heavy atom. The molecule has 0 spiro atoms. The topological polar surface area (TPSA) is 26.1 Å². The lowest BCUT2D eigenvalue weighted by Gasteiger charge is -2.18. The third-order valence-electron chi connectivity index (χ3n) is 2.18. The van der Waals surface area contributed by atoms with Gasteiger partial charge in [-0.05, 0) is 5.56 Å². The van der Waals surface area contributed by atoms with Crippen LogP contribution in [0.1, 0.15) is 32.8 Å². The fraction of sp³-hybridized carbons (Fsp3) is 0.357. The minimum atomic E-state index is -0.347. The summed E-state index contributed by atoms with van der Waals surface area (Å²) in [5.41, 5.74) is 0.810. The third kappa shape index (κ3) is 4.30. The van der Waals surface area contributed by atoms with Crippen molar-refractivity contribution < 1.29 is 4.74 Å². The lowest BCUT2D eigenvalue weighted by Crippen LogP contribution is -2.28. The van der Waals surface area contributed by atoms with Crippen molar-refractivity contribution >= 4 is 12.3 Å². The molecule has 0 bridgehead atoms. The van der Waals surface area contributed by atoms with Gasteiger partial charge in [-0.1, -0.05) is 42.5 Å². The molecule has 0 unspecified atom stereocenters. The van der Waals surface area contributed by atoms with E-state index in [1.165, 1.54) is 0 Å². The Morgan fingerprint density at radius 2 is 1.81 bits per heavy atom. The molecule has 1 rings (SSSR count). The second-order valence-electron chi connectivity index (χ2n) is 4.73. The molecule has 0 aliphatic rings. The maximum absolute atomic E-state index is 11.5. The molecule has 0 saturated heterocycles. The second kappa shape index (κ2) is 5.50. The minimum Gasteiger partial charge on any atom is -0.624 e. The summed E-state index contributed by atoms with van der Waals surface area (Å²) in [4.78, 5) is 0. The van der Waals surface area contributed by atoms with Gasteiger partial charge in [-0.25, -0.2) is 4.74 Å². The van der Waals surface area contributed by atoms with Crippen molar-refractivity contribution in [2.24, 2.45) is 0 Å². The van der Waals surface area contributed by atoms with E-state index < -0.39 is 0 Å². The van der Waals surface area contributed by atoms with Gasteiger partial charge in [0, 0.05) is 27.2 Å². The van der Waals surface area contributed by atoms with Crippen LogP contribution in [-0.4, -0.2) is 16.5 Å². The fourth-order valence-corrected chi connectivity index (χ4v) is 1.20. The van der Waals surface area contributed by atoms with Gasteiger partial charge in [0.2, 0.25) is 0 Å². The first-order chi connectivity index (χ1) is 7.50. The zero-order chi connectivity index (χ0) is 12.0. The zero-order valence-electron chi connectivity index (χ0n) is 10.2. The van der Waals surface area contributed by atoms with Gasteiger partial charge in [-0.3, -0.25) is 0 Å². The SMILES string of the molecule is CC(C)(C)[N+]([O-])=CCC=Cc1ccccc1. The van der Waals surface area contributed by atoms with Crippen molar-refractivity contribution in [1.82, 2.24) is 0 Å². The van der Waals surface area contributed by atoms with Crippen LogP contribution < -0.4 is 0 Å². The van der Waals surface area contributed by atoms with E-state index in [0.29, 0.717) is 6.42 Å². The van der Waals surface area contributed by atoms with Crippen LogP contribution in [0.3, 0.4) is 0 Å². The van der Waals surface area contributed by atoms with Gasteiger partial charge >= 0.3 is 0 Å². The van der Waals surface area contributed by atoms with E-state index in [4.69, 9.17) is 0 Å². The monoisotopic (exact) mass is 217 g/mol. The van der Waals surface area contributed by atoms with E-state index in [1.54, 1.807) is 6.21 Å². The molecule has 1 aromatic rings. The largest absolute Gasteiger partial charge is 0.624 e. The number of hydroxylamine groups is 1. The van der Waals surface area contributed by atoms with Crippen molar-refractivity contribution in [2.45, 2.75) is 32.7 Å². The highest BCUT2D eigenvalue weighted by atomic mass is 16.5. The van der Waals surface area contributed by atoms with Crippen molar-refractivity contribution in [3.8, 4) is 0 Å². The van der Waals surface area contributed by atoms with E-state index >= 15 is 0 Å². The molecule has 0 N–H and O–H groups in total. The molecule has 0 amide bonds. The van der Waals surface area contributed by atoms with E-state index in [2.05, 4.69) is 0 Å². The summed E-state index contributed by atoms with van der Waals surface area (Å²) < 4.78 is 1.00. The molecule has 0 aromatic heterocycles. The first-order valence-electron chi connectivity index (χ1n) is 5.51. The lowest BCUT2D eigenvalue weighted by atomic mass is 10.1. The molecular weight excluding hydrogens is 198 g/mol.